The van der Waals surface area contributed by atoms with E-state index in [0.29, 0.717) is 6.42 Å². The SMILES string of the molecule is CC[C@H](C)c1cc(C(F)(F)F)ccc1F. The molecule has 0 aliphatic rings. The van der Waals surface area contributed by atoms with E-state index in [0.717, 1.165) is 18.2 Å². The number of hydrogen-bond acceptors (Lipinski definition) is 0. The maximum atomic E-state index is 13.2. The highest BCUT2D eigenvalue weighted by Gasteiger charge is 2.31. The number of hydrogen-bond donors (Lipinski definition) is 0. The van der Waals surface area contributed by atoms with Crippen LogP contribution in [-0.4, -0.2) is 0 Å². The first kappa shape index (κ1) is 12.0. The molecule has 0 aromatic heterocycles. The monoisotopic (exact) mass is 220 g/mol. The van der Waals surface area contributed by atoms with Crippen LogP contribution in [0, 0.1) is 5.82 Å². The molecule has 1 rings (SSSR count). The number of alkyl halides is 3. The van der Waals surface area contributed by atoms with E-state index in [4.69, 9.17) is 0 Å². The van der Waals surface area contributed by atoms with Crippen molar-refractivity contribution in [1.82, 2.24) is 0 Å². The quantitative estimate of drug-likeness (QED) is 0.649. The molecule has 0 aliphatic carbocycles. The molecule has 0 N–H and O–H groups in total. The zero-order valence-electron chi connectivity index (χ0n) is 8.53. The Morgan fingerprint density at radius 1 is 1.27 bits per heavy atom. The van der Waals surface area contributed by atoms with Crippen LogP contribution in [0.15, 0.2) is 18.2 Å². The molecule has 1 aromatic carbocycles. The largest absolute Gasteiger partial charge is 0.416 e. The smallest absolute Gasteiger partial charge is 0.207 e. The fourth-order valence-electron chi connectivity index (χ4n) is 1.32. The lowest BCUT2D eigenvalue weighted by Crippen LogP contribution is -2.07. The second-order valence-corrected chi connectivity index (χ2v) is 3.54. The fraction of sp³-hybridized carbons (Fsp3) is 0.455. The van der Waals surface area contributed by atoms with Gasteiger partial charge in [0, 0.05) is 0 Å². The van der Waals surface area contributed by atoms with Crippen molar-refractivity contribution in [3.63, 3.8) is 0 Å². The van der Waals surface area contributed by atoms with E-state index >= 15 is 0 Å². The van der Waals surface area contributed by atoms with Crippen LogP contribution < -0.4 is 0 Å². The summed E-state index contributed by atoms with van der Waals surface area (Å²) >= 11 is 0. The van der Waals surface area contributed by atoms with Crippen LogP contribution in [0.5, 0.6) is 0 Å². The first-order valence-corrected chi connectivity index (χ1v) is 4.73. The second kappa shape index (κ2) is 4.21. The average molecular weight is 220 g/mol. The molecule has 0 radical (unpaired) electrons. The summed E-state index contributed by atoms with van der Waals surface area (Å²) in [7, 11) is 0. The molecule has 0 saturated heterocycles. The Kier molecular flexibility index (Phi) is 3.37. The van der Waals surface area contributed by atoms with Crippen molar-refractivity contribution in [3.8, 4) is 0 Å². The molecule has 0 heterocycles. The summed E-state index contributed by atoms with van der Waals surface area (Å²) in [5.41, 5.74) is -0.661. The zero-order valence-corrected chi connectivity index (χ0v) is 8.53. The fourth-order valence-corrected chi connectivity index (χ4v) is 1.32. The van der Waals surface area contributed by atoms with Gasteiger partial charge in [-0.2, -0.15) is 13.2 Å². The molecule has 0 saturated carbocycles. The molecule has 15 heavy (non-hydrogen) atoms. The highest BCUT2D eigenvalue weighted by Crippen LogP contribution is 2.32. The molecule has 4 heteroatoms. The van der Waals surface area contributed by atoms with Gasteiger partial charge in [-0.05, 0) is 36.1 Å². The minimum Gasteiger partial charge on any atom is -0.207 e. The van der Waals surface area contributed by atoms with Crippen LogP contribution in [0.25, 0.3) is 0 Å². The Labute approximate surface area is 85.9 Å². The van der Waals surface area contributed by atoms with Crippen LogP contribution in [0.3, 0.4) is 0 Å². The molecular weight excluding hydrogens is 208 g/mol. The van der Waals surface area contributed by atoms with Crippen LogP contribution in [0.2, 0.25) is 0 Å². The molecule has 0 aliphatic heterocycles. The van der Waals surface area contributed by atoms with Crippen LogP contribution in [-0.2, 0) is 6.18 Å². The van der Waals surface area contributed by atoms with Gasteiger partial charge < -0.3 is 0 Å². The van der Waals surface area contributed by atoms with E-state index in [2.05, 4.69) is 0 Å². The van der Waals surface area contributed by atoms with Crippen molar-refractivity contribution in [3.05, 3.63) is 35.1 Å². The Balaban J connectivity index is 3.17. The topological polar surface area (TPSA) is 0 Å². The summed E-state index contributed by atoms with van der Waals surface area (Å²) in [4.78, 5) is 0. The average Bonchev–Trinajstić information content (AvgIpc) is 2.15. The normalized spacial score (nSPS) is 14.0. The predicted octanol–water partition coefficient (Wildman–Crippen LogP) is 4.36. The van der Waals surface area contributed by atoms with Crippen molar-refractivity contribution < 1.29 is 17.6 Å². The van der Waals surface area contributed by atoms with E-state index in [9.17, 15) is 17.6 Å². The lowest BCUT2D eigenvalue weighted by molar-refractivity contribution is -0.137. The summed E-state index contributed by atoms with van der Waals surface area (Å²) in [6, 6.07) is 2.54. The summed E-state index contributed by atoms with van der Waals surface area (Å²) in [5.74, 6) is -0.773. The van der Waals surface area contributed by atoms with Gasteiger partial charge in [-0.1, -0.05) is 13.8 Å². The molecule has 0 nitrogen and oxygen atoms in total. The van der Waals surface area contributed by atoms with Gasteiger partial charge in [0.2, 0.25) is 0 Å². The van der Waals surface area contributed by atoms with E-state index < -0.39 is 17.6 Å². The van der Waals surface area contributed by atoms with Crippen molar-refractivity contribution in [1.29, 1.82) is 0 Å². The van der Waals surface area contributed by atoms with Gasteiger partial charge in [0.15, 0.2) is 0 Å². The number of halogens is 4. The highest BCUT2D eigenvalue weighted by atomic mass is 19.4. The number of benzene rings is 1. The molecule has 0 amide bonds. The molecule has 0 spiro atoms. The van der Waals surface area contributed by atoms with Gasteiger partial charge >= 0.3 is 6.18 Å². The minimum atomic E-state index is -4.41. The maximum Gasteiger partial charge on any atom is 0.416 e. The minimum absolute atomic E-state index is 0.132. The number of rotatable bonds is 2. The van der Waals surface area contributed by atoms with Crippen molar-refractivity contribution in [2.24, 2.45) is 0 Å². The van der Waals surface area contributed by atoms with E-state index in [1.807, 2.05) is 6.92 Å². The molecule has 0 unspecified atom stereocenters. The first-order valence-electron chi connectivity index (χ1n) is 4.73. The summed E-state index contributed by atoms with van der Waals surface area (Å²) in [5, 5.41) is 0. The summed E-state index contributed by atoms with van der Waals surface area (Å²) in [6.07, 6.45) is -3.80. The summed E-state index contributed by atoms with van der Waals surface area (Å²) in [6.45, 7) is 3.52. The van der Waals surface area contributed by atoms with E-state index in [1.54, 1.807) is 6.92 Å². The third kappa shape index (κ3) is 2.70. The highest BCUT2D eigenvalue weighted by molar-refractivity contribution is 5.29. The van der Waals surface area contributed by atoms with Gasteiger partial charge in [-0.3, -0.25) is 0 Å². The van der Waals surface area contributed by atoms with Crippen LogP contribution in [0.4, 0.5) is 17.6 Å². The molecular formula is C11H12F4. The zero-order chi connectivity index (χ0) is 11.6. The van der Waals surface area contributed by atoms with E-state index in [1.165, 1.54) is 0 Å². The molecule has 84 valence electrons. The Morgan fingerprint density at radius 2 is 1.87 bits per heavy atom. The maximum absolute atomic E-state index is 13.2. The molecule has 0 bridgehead atoms. The standard InChI is InChI=1S/C11H12F4/c1-3-7(2)9-6-8(11(13,14)15)4-5-10(9)12/h4-7H,3H2,1-2H3/t7-/m0/s1. The lowest BCUT2D eigenvalue weighted by atomic mass is 9.96. The Bertz CT molecular complexity index is 341. The molecule has 1 atom stereocenters. The van der Waals surface area contributed by atoms with Crippen molar-refractivity contribution in [2.45, 2.75) is 32.4 Å². The van der Waals surface area contributed by atoms with Gasteiger partial charge in [0.1, 0.15) is 5.82 Å². The van der Waals surface area contributed by atoms with Crippen LogP contribution in [0.1, 0.15) is 37.3 Å². The van der Waals surface area contributed by atoms with E-state index in [-0.39, 0.29) is 11.5 Å². The lowest BCUT2D eigenvalue weighted by Gasteiger charge is -2.13. The summed E-state index contributed by atoms with van der Waals surface area (Å²) < 4.78 is 50.3. The third-order valence-electron chi connectivity index (χ3n) is 2.47. The van der Waals surface area contributed by atoms with Gasteiger partial charge in [-0.25, -0.2) is 4.39 Å². The molecule has 1 aromatic rings. The van der Waals surface area contributed by atoms with Gasteiger partial charge in [-0.15, -0.1) is 0 Å². The second-order valence-electron chi connectivity index (χ2n) is 3.54. The van der Waals surface area contributed by atoms with Gasteiger partial charge in [0.25, 0.3) is 0 Å². The predicted molar refractivity (Wildman–Crippen MR) is 50.1 cm³/mol. The first-order chi connectivity index (χ1) is 6.86. The van der Waals surface area contributed by atoms with Crippen molar-refractivity contribution in [2.75, 3.05) is 0 Å². The Morgan fingerprint density at radius 3 is 2.33 bits per heavy atom. The van der Waals surface area contributed by atoms with Crippen LogP contribution >= 0.6 is 0 Å². The van der Waals surface area contributed by atoms with Gasteiger partial charge in [0.05, 0.1) is 5.56 Å². The van der Waals surface area contributed by atoms with Crippen molar-refractivity contribution >= 4 is 0 Å². The molecule has 0 fully saturated rings. The third-order valence-corrected chi connectivity index (χ3v) is 2.47. The Hall–Kier alpha value is -1.06.